The van der Waals surface area contributed by atoms with Gasteiger partial charge in [-0.1, -0.05) is 11.6 Å². The molecule has 0 saturated heterocycles. The molecule has 0 unspecified atom stereocenters. The normalized spacial score (nSPS) is 10.4. The van der Waals surface area contributed by atoms with E-state index >= 15 is 0 Å². The molecule has 1 aromatic heterocycles. The minimum atomic E-state index is 0.618. The lowest BCUT2D eigenvalue weighted by molar-refractivity contribution is 0.414. The Bertz CT molecular complexity index is 574. The molecule has 2 aromatic rings. The molecule has 0 atom stereocenters. The van der Waals surface area contributed by atoms with Crippen molar-refractivity contribution in [2.45, 2.75) is 6.92 Å². The summed E-state index contributed by atoms with van der Waals surface area (Å²) in [6, 6.07) is 5.46. The number of H-pyrrole nitrogens is 1. The van der Waals surface area contributed by atoms with Crippen molar-refractivity contribution in [1.82, 2.24) is 9.55 Å². The SMILES string of the molecule is COc1ccc(Cl)c(-n2cc(C)[nH]c2=S)c1. The Hall–Kier alpha value is -1.26. The van der Waals surface area contributed by atoms with E-state index in [1.807, 2.05) is 29.8 Å². The molecule has 2 rings (SSSR count). The number of aryl methyl sites for hydroxylation is 1. The van der Waals surface area contributed by atoms with Crippen molar-refractivity contribution in [3.8, 4) is 11.4 Å². The van der Waals surface area contributed by atoms with Gasteiger partial charge in [0.25, 0.3) is 0 Å². The average Bonchev–Trinajstić information content (AvgIpc) is 2.58. The summed E-state index contributed by atoms with van der Waals surface area (Å²) < 4.78 is 7.61. The van der Waals surface area contributed by atoms with Crippen molar-refractivity contribution < 1.29 is 4.74 Å². The summed E-state index contributed by atoms with van der Waals surface area (Å²) in [5.41, 5.74) is 1.80. The van der Waals surface area contributed by atoms with Crippen molar-refractivity contribution in [1.29, 1.82) is 0 Å². The molecule has 0 saturated carbocycles. The third-order valence-electron chi connectivity index (χ3n) is 2.26. The smallest absolute Gasteiger partial charge is 0.182 e. The molecular formula is C11H11ClN2OS. The maximum absolute atomic E-state index is 6.13. The van der Waals surface area contributed by atoms with Crippen LogP contribution in [0.2, 0.25) is 5.02 Å². The fraction of sp³-hybridized carbons (Fsp3) is 0.182. The molecule has 84 valence electrons. The van der Waals surface area contributed by atoms with E-state index < -0.39 is 0 Å². The summed E-state index contributed by atoms with van der Waals surface area (Å²) in [5.74, 6) is 0.750. The Morgan fingerprint density at radius 3 is 2.75 bits per heavy atom. The highest BCUT2D eigenvalue weighted by Crippen LogP contribution is 2.25. The van der Waals surface area contributed by atoms with E-state index in [0.29, 0.717) is 9.79 Å². The van der Waals surface area contributed by atoms with E-state index in [0.717, 1.165) is 17.1 Å². The zero-order chi connectivity index (χ0) is 11.7. The molecular weight excluding hydrogens is 244 g/mol. The fourth-order valence-electron chi connectivity index (χ4n) is 1.50. The second kappa shape index (κ2) is 4.31. The van der Waals surface area contributed by atoms with Gasteiger partial charge in [0.1, 0.15) is 5.75 Å². The number of hydrogen-bond acceptors (Lipinski definition) is 2. The Kier molecular flexibility index (Phi) is 3.03. The van der Waals surface area contributed by atoms with Crippen LogP contribution in [0, 0.1) is 11.7 Å². The summed E-state index contributed by atoms with van der Waals surface area (Å²) in [5, 5.41) is 0.635. The van der Waals surface area contributed by atoms with Gasteiger partial charge in [0, 0.05) is 18.0 Å². The Labute approximate surface area is 104 Å². The molecule has 3 nitrogen and oxygen atoms in total. The van der Waals surface area contributed by atoms with E-state index in [-0.39, 0.29) is 0 Å². The number of rotatable bonds is 2. The van der Waals surface area contributed by atoms with Gasteiger partial charge in [0.2, 0.25) is 0 Å². The first kappa shape index (κ1) is 11.2. The quantitative estimate of drug-likeness (QED) is 0.832. The summed E-state index contributed by atoms with van der Waals surface area (Å²) in [7, 11) is 1.62. The average molecular weight is 255 g/mol. The second-order valence-corrected chi connectivity index (χ2v) is 4.22. The first-order valence-corrected chi connectivity index (χ1v) is 5.52. The van der Waals surface area contributed by atoms with Crippen LogP contribution in [-0.2, 0) is 0 Å². The van der Waals surface area contributed by atoms with Crippen LogP contribution in [0.25, 0.3) is 5.69 Å². The molecule has 5 heteroatoms. The standard InChI is InChI=1S/C11H11ClN2OS/c1-7-6-14(11(16)13-7)10-5-8(15-2)3-4-9(10)12/h3-6H,1-2H3,(H,13,16). The van der Waals surface area contributed by atoms with Crippen molar-refractivity contribution in [2.24, 2.45) is 0 Å². The number of ether oxygens (including phenoxy) is 1. The number of benzene rings is 1. The molecule has 0 aliphatic heterocycles. The number of methoxy groups -OCH3 is 1. The number of aromatic amines is 1. The van der Waals surface area contributed by atoms with Gasteiger partial charge >= 0.3 is 0 Å². The summed E-state index contributed by atoms with van der Waals surface area (Å²) in [6.07, 6.45) is 1.91. The molecule has 0 radical (unpaired) electrons. The summed E-state index contributed by atoms with van der Waals surface area (Å²) in [6.45, 7) is 1.94. The van der Waals surface area contributed by atoms with Crippen LogP contribution < -0.4 is 4.74 Å². The highest BCUT2D eigenvalue weighted by atomic mass is 35.5. The van der Waals surface area contributed by atoms with Crippen LogP contribution in [0.4, 0.5) is 0 Å². The van der Waals surface area contributed by atoms with Crippen molar-refractivity contribution in [3.63, 3.8) is 0 Å². The number of imidazole rings is 1. The van der Waals surface area contributed by atoms with Gasteiger partial charge in [-0.3, -0.25) is 4.57 Å². The number of hydrogen-bond donors (Lipinski definition) is 1. The van der Waals surface area contributed by atoms with Gasteiger partial charge in [-0.15, -0.1) is 0 Å². The fourth-order valence-corrected chi connectivity index (χ4v) is 2.02. The lowest BCUT2D eigenvalue weighted by Crippen LogP contribution is -1.94. The number of halogens is 1. The van der Waals surface area contributed by atoms with Crippen LogP contribution in [0.3, 0.4) is 0 Å². The summed E-state index contributed by atoms with van der Waals surface area (Å²) >= 11 is 11.3. The van der Waals surface area contributed by atoms with Gasteiger partial charge in [0.05, 0.1) is 17.8 Å². The van der Waals surface area contributed by atoms with E-state index in [1.54, 1.807) is 13.2 Å². The van der Waals surface area contributed by atoms with Gasteiger partial charge in [0.15, 0.2) is 4.77 Å². The van der Waals surface area contributed by atoms with E-state index in [9.17, 15) is 0 Å². The predicted molar refractivity (Wildman–Crippen MR) is 67.3 cm³/mol. The van der Waals surface area contributed by atoms with E-state index in [4.69, 9.17) is 28.6 Å². The van der Waals surface area contributed by atoms with Gasteiger partial charge in [-0.25, -0.2) is 0 Å². The minimum Gasteiger partial charge on any atom is -0.497 e. The highest BCUT2D eigenvalue weighted by Gasteiger charge is 2.06. The molecule has 0 aliphatic rings. The first-order chi connectivity index (χ1) is 7.61. The molecule has 0 spiro atoms. The van der Waals surface area contributed by atoms with Crippen LogP contribution in [0.1, 0.15) is 5.69 Å². The molecule has 0 fully saturated rings. The monoisotopic (exact) mass is 254 g/mol. The highest BCUT2D eigenvalue weighted by molar-refractivity contribution is 7.71. The van der Waals surface area contributed by atoms with Crippen molar-refractivity contribution in [2.75, 3.05) is 7.11 Å². The van der Waals surface area contributed by atoms with Crippen molar-refractivity contribution >= 4 is 23.8 Å². The molecule has 16 heavy (non-hydrogen) atoms. The molecule has 0 bridgehead atoms. The van der Waals surface area contributed by atoms with Crippen LogP contribution >= 0.6 is 23.8 Å². The van der Waals surface area contributed by atoms with Crippen LogP contribution in [-0.4, -0.2) is 16.7 Å². The minimum absolute atomic E-state index is 0.618. The van der Waals surface area contributed by atoms with Gasteiger partial charge < -0.3 is 9.72 Å². The zero-order valence-corrected chi connectivity index (χ0v) is 10.5. The van der Waals surface area contributed by atoms with Crippen molar-refractivity contribution in [3.05, 3.63) is 39.9 Å². The Morgan fingerprint density at radius 2 is 2.19 bits per heavy atom. The Morgan fingerprint density at radius 1 is 1.44 bits per heavy atom. The number of aromatic nitrogens is 2. The topological polar surface area (TPSA) is 29.9 Å². The molecule has 0 aliphatic carbocycles. The maximum atomic E-state index is 6.13. The second-order valence-electron chi connectivity index (χ2n) is 3.43. The third kappa shape index (κ3) is 1.99. The molecule has 1 heterocycles. The lowest BCUT2D eigenvalue weighted by atomic mass is 10.3. The first-order valence-electron chi connectivity index (χ1n) is 4.74. The molecule has 1 aromatic carbocycles. The van der Waals surface area contributed by atoms with E-state index in [2.05, 4.69) is 4.98 Å². The Balaban J connectivity index is 2.63. The largest absolute Gasteiger partial charge is 0.497 e. The number of nitrogens with one attached hydrogen (secondary N) is 1. The summed E-state index contributed by atoms with van der Waals surface area (Å²) in [4.78, 5) is 3.05. The number of nitrogens with zero attached hydrogens (tertiary/aromatic N) is 1. The third-order valence-corrected chi connectivity index (χ3v) is 2.88. The van der Waals surface area contributed by atoms with E-state index in [1.165, 1.54) is 0 Å². The zero-order valence-electron chi connectivity index (χ0n) is 8.95. The molecule has 0 amide bonds. The van der Waals surface area contributed by atoms with Crippen LogP contribution in [0.15, 0.2) is 24.4 Å². The van der Waals surface area contributed by atoms with Gasteiger partial charge in [-0.2, -0.15) is 0 Å². The predicted octanol–water partition coefficient (Wildman–Crippen LogP) is 3.51. The maximum Gasteiger partial charge on any atom is 0.182 e. The lowest BCUT2D eigenvalue weighted by Gasteiger charge is -2.07. The molecule has 1 N–H and O–H groups in total. The van der Waals surface area contributed by atoms with Gasteiger partial charge in [-0.05, 0) is 31.3 Å². The van der Waals surface area contributed by atoms with Crippen LogP contribution in [0.5, 0.6) is 5.75 Å².